The van der Waals surface area contributed by atoms with Crippen LogP contribution >= 0.6 is 11.6 Å². The maximum Gasteiger partial charge on any atom is 0.300 e. The van der Waals surface area contributed by atoms with E-state index in [1.54, 1.807) is 42.5 Å². The zero-order valence-electron chi connectivity index (χ0n) is 21.0. The van der Waals surface area contributed by atoms with Crippen molar-refractivity contribution in [1.82, 2.24) is 0 Å². The molecule has 0 aromatic heterocycles. The smallest absolute Gasteiger partial charge is 0.300 e. The maximum absolute atomic E-state index is 13.5. The average molecular weight is 524 g/mol. The van der Waals surface area contributed by atoms with Crippen LogP contribution in [0.25, 0.3) is 5.76 Å². The van der Waals surface area contributed by atoms with Crippen LogP contribution < -0.4 is 23.8 Å². The molecule has 8 nitrogen and oxygen atoms in total. The lowest BCUT2D eigenvalue weighted by atomic mass is 9.94. The fourth-order valence-corrected chi connectivity index (χ4v) is 4.63. The molecule has 1 heterocycles. The fourth-order valence-electron chi connectivity index (χ4n) is 4.46. The summed E-state index contributed by atoms with van der Waals surface area (Å²) in [6.07, 6.45) is 0. The summed E-state index contributed by atoms with van der Waals surface area (Å²) in [6.45, 7) is 1.88. The molecule has 3 aromatic rings. The number of rotatable bonds is 7. The number of aryl methyl sites for hydroxylation is 1. The first-order valence-corrected chi connectivity index (χ1v) is 11.6. The van der Waals surface area contributed by atoms with Crippen molar-refractivity contribution >= 4 is 34.7 Å². The molecule has 192 valence electrons. The lowest BCUT2D eigenvalue weighted by Crippen LogP contribution is -2.29. The van der Waals surface area contributed by atoms with E-state index in [1.165, 1.54) is 39.4 Å². The van der Waals surface area contributed by atoms with E-state index in [0.717, 1.165) is 5.56 Å². The number of halogens is 1. The zero-order valence-corrected chi connectivity index (χ0v) is 21.8. The molecule has 1 unspecified atom stereocenters. The number of aliphatic hydroxyl groups excluding tert-OH is 1. The highest BCUT2D eigenvalue weighted by molar-refractivity contribution is 6.51. The van der Waals surface area contributed by atoms with Gasteiger partial charge in [-0.05, 0) is 60.5 Å². The molecule has 0 saturated carbocycles. The van der Waals surface area contributed by atoms with E-state index in [-0.39, 0.29) is 16.9 Å². The Bertz CT molecular complexity index is 1390. The second kappa shape index (κ2) is 10.4. The number of carbonyl (C=O) groups is 2. The molecule has 1 aliphatic rings. The van der Waals surface area contributed by atoms with Crippen molar-refractivity contribution in [3.63, 3.8) is 0 Å². The quantitative estimate of drug-likeness (QED) is 0.255. The first kappa shape index (κ1) is 25.9. The van der Waals surface area contributed by atoms with Crippen molar-refractivity contribution < 1.29 is 33.6 Å². The number of nitrogens with zero attached hydrogens (tertiary/aromatic N) is 1. The minimum absolute atomic E-state index is 0.138. The summed E-state index contributed by atoms with van der Waals surface area (Å²) in [4.78, 5) is 28.4. The van der Waals surface area contributed by atoms with Crippen molar-refractivity contribution in [1.29, 1.82) is 0 Å². The van der Waals surface area contributed by atoms with Gasteiger partial charge in [0, 0.05) is 10.7 Å². The SMILES string of the molecule is COc1ccc(Cl)cc1/C(O)=C1\C(=O)C(=O)N(c2cccc(C)c2)C1c1cc(OC)c(OC)c(OC)c1. The Labute approximate surface area is 219 Å². The van der Waals surface area contributed by atoms with E-state index >= 15 is 0 Å². The van der Waals surface area contributed by atoms with Gasteiger partial charge in [0.1, 0.15) is 11.5 Å². The Morgan fingerprint density at radius 2 is 1.51 bits per heavy atom. The molecule has 1 atom stereocenters. The highest BCUT2D eigenvalue weighted by Crippen LogP contribution is 2.47. The van der Waals surface area contributed by atoms with Gasteiger partial charge in [0.05, 0.1) is 45.6 Å². The summed E-state index contributed by atoms with van der Waals surface area (Å²) in [5.41, 5.74) is 1.87. The first-order chi connectivity index (χ1) is 17.7. The third-order valence-electron chi connectivity index (χ3n) is 6.14. The van der Waals surface area contributed by atoms with Crippen molar-refractivity contribution in [3.8, 4) is 23.0 Å². The van der Waals surface area contributed by atoms with Crippen molar-refractivity contribution in [2.24, 2.45) is 0 Å². The van der Waals surface area contributed by atoms with Crippen LogP contribution in [0.3, 0.4) is 0 Å². The largest absolute Gasteiger partial charge is 0.507 e. The standard InChI is InChI=1S/C28H26ClNO7/c1-15-7-6-8-18(11-15)30-24(16-12-21(35-3)27(37-5)22(13-16)36-4)23(26(32)28(30)33)25(31)19-14-17(29)9-10-20(19)34-2/h6-14,24,31H,1-5H3/b25-23+. The van der Waals surface area contributed by atoms with Gasteiger partial charge in [-0.15, -0.1) is 0 Å². The molecule has 0 spiro atoms. The third kappa shape index (κ3) is 4.56. The summed E-state index contributed by atoms with van der Waals surface area (Å²) in [5, 5.41) is 11.8. The Morgan fingerprint density at radius 3 is 2.08 bits per heavy atom. The van der Waals surface area contributed by atoms with Crippen molar-refractivity contribution in [2.45, 2.75) is 13.0 Å². The van der Waals surface area contributed by atoms with E-state index in [0.29, 0.717) is 33.5 Å². The molecule has 4 rings (SSSR count). The molecular formula is C28H26ClNO7. The fraction of sp³-hybridized carbons (Fsp3) is 0.214. The van der Waals surface area contributed by atoms with Crippen LogP contribution in [0.15, 0.2) is 60.2 Å². The molecule has 0 radical (unpaired) electrons. The first-order valence-electron chi connectivity index (χ1n) is 11.3. The van der Waals surface area contributed by atoms with Gasteiger partial charge < -0.3 is 24.1 Å². The number of aliphatic hydroxyl groups is 1. The van der Waals surface area contributed by atoms with Crippen molar-refractivity contribution in [3.05, 3.63) is 81.9 Å². The summed E-state index contributed by atoms with van der Waals surface area (Å²) < 4.78 is 21.9. The lowest BCUT2D eigenvalue weighted by molar-refractivity contribution is -0.132. The van der Waals surface area contributed by atoms with Gasteiger partial charge >= 0.3 is 0 Å². The van der Waals surface area contributed by atoms with Crippen LogP contribution in [0, 0.1) is 6.92 Å². The third-order valence-corrected chi connectivity index (χ3v) is 6.38. The number of hydrogen-bond acceptors (Lipinski definition) is 7. The van der Waals surface area contributed by atoms with Gasteiger partial charge in [-0.3, -0.25) is 14.5 Å². The van der Waals surface area contributed by atoms with Gasteiger partial charge in [0.2, 0.25) is 5.75 Å². The van der Waals surface area contributed by atoms with E-state index in [9.17, 15) is 14.7 Å². The number of methoxy groups -OCH3 is 4. The summed E-state index contributed by atoms with van der Waals surface area (Å²) in [6, 6.07) is 14.1. The van der Waals surface area contributed by atoms with Crippen LogP contribution in [-0.4, -0.2) is 45.2 Å². The number of anilines is 1. The topological polar surface area (TPSA) is 94.5 Å². The molecule has 1 amide bonds. The number of ketones is 1. The van der Waals surface area contributed by atoms with E-state index in [1.807, 2.05) is 13.0 Å². The summed E-state index contributed by atoms with van der Waals surface area (Å²) in [7, 11) is 5.84. The van der Waals surface area contributed by atoms with Gasteiger partial charge in [-0.25, -0.2) is 0 Å². The van der Waals surface area contributed by atoms with Crippen LogP contribution in [0.1, 0.15) is 22.7 Å². The Hall–Kier alpha value is -4.17. The predicted octanol–water partition coefficient (Wildman–Crippen LogP) is 5.31. The van der Waals surface area contributed by atoms with E-state index in [4.69, 9.17) is 30.5 Å². The second-order valence-electron chi connectivity index (χ2n) is 8.31. The van der Waals surface area contributed by atoms with Crippen LogP contribution in [0.4, 0.5) is 5.69 Å². The maximum atomic E-state index is 13.5. The van der Waals surface area contributed by atoms with Gasteiger partial charge in [-0.1, -0.05) is 23.7 Å². The van der Waals surface area contributed by atoms with Crippen molar-refractivity contribution in [2.75, 3.05) is 33.3 Å². The normalized spacial score (nSPS) is 16.6. The molecule has 3 aromatic carbocycles. The zero-order chi connectivity index (χ0) is 26.9. The monoisotopic (exact) mass is 523 g/mol. The number of carbonyl (C=O) groups excluding carboxylic acids is 2. The number of benzene rings is 3. The Morgan fingerprint density at radius 1 is 0.865 bits per heavy atom. The highest BCUT2D eigenvalue weighted by atomic mass is 35.5. The summed E-state index contributed by atoms with van der Waals surface area (Å²) in [5.74, 6) is -0.803. The average Bonchev–Trinajstić information content (AvgIpc) is 3.17. The number of amides is 1. The summed E-state index contributed by atoms with van der Waals surface area (Å²) >= 11 is 6.20. The molecule has 1 aliphatic heterocycles. The number of ether oxygens (including phenoxy) is 4. The Balaban J connectivity index is 2.06. The van der Waals surface area contributed by atoms with Crippen LogP contribution in [0.5, 0.6) is 23.0 Å². The molecule has 0 aliphatic carbocycles. The molecule has 0 bridgehead atoms. The van der Waals surface area contributed by atoms with Gasteiger partial charge in [0.25, 0.3) is 11.7 Å². The number of Topliss-reactive ketones (excluding diaryl/α,β-unsaturated/α-hetero) is 1. The van der Waals surface area contributed by atoms with E-state index in [2.05, 4.69) is 0 Å². The molecule has 1 N–H and O–H groups in total. The van der Waals surface area contributed by atoms with Crippen LogP contribution in [0.2, 0.25) is 5.02 Å². The predicted molar refractivity (Wildman–Crippen MR) is 140 cm³/mol. The lowest BCUT2D eigenvalue weighted by Gasteiger charge is -2.27. The Kier molecular flexibility index (Phi) is 7.31. The van der Waals surface area contributed by atoms with Gasteiger partial charge in [-0.2, -0.15) is 0 Å². The molecule has 9 heteroatoms. The van der Waals surface area contributed by atoms with E-state index < -0.39 is 23.5 Å². The van der Waals surface area contributed by atoms with Crippen LogP contribution in [-0.2, 0) is 9.59 Å². The minimum Gasteiger partial charge on any atom is -0.507 e. The minimum atomic E-state index is -1.03. The molecular weight excluding hydrogens is 498 g/mol. The molecule has 1 fully saturated rings. The van der Waals surface area contributed by atoms with Gasteiger partial charge in [0.15, 0.2) is 11.5 Å². The number of hydrogen-bond donors (Lipinski definition) is 1. The molecule has 37 heavy (non-hydrogen) atoms. The second-order valence-corrected chi connectivity index (χ2v) is 8.75. The highest BCUT2D eigenvalue weighted by Gasteiger charge is 2.47. The molecule has 1 saturated heterocycles.